The molecule has 2 aromatic heterocycles. The zero-order valence-corrected chi connectivity index (χ0v) is 13.7. The second kappa shape index (κ2) is 6.34. The van der Waals surface area contributed by atoms with Gasteiger partial charge in [0.2, 0.25) is 5.88 Å². The highest BCUT2D eigenvalue weighted by Crippen LogP contribution is 2.28. The van der Waals surface area contributed by atoms with Gasteiger partial charge in [0.15, 0.2) is 0 Å². The van der Waals surface area contributed by atoms with Gasteiger partial charge >= 0.3 is 0 Å². The Balaban J connectivity index is 1.65. The molecule has 9 heteroatoms. The van der Waals surface area contributed by atoms with E-state index in [0.29, 0.717) is 24.5 Å². The zero-order chi connectivity index (χ0) is 17.3. The van der Waals surface area contributed by atoms with Crippen LogP contribution < -0.4 is 10.5 Å². The highest BCUT2D eigenvalue weighted by Gasteiger charge is 2.28. The number of hydrogen-bond donors (Lipinski definition) is 2. The summed E-state index contributed by atoms with van der Waals surface area (Å²) in [4.78, 5) is 25.6. The summed E-state index contributed by atoms with van der Waals surface area (Å²) in [6.07, 6.45) is 3.24. The second-order valence-corrected chi connectivity index (χ2v) is 5.86. The van der Waals surface area contributed by atoms with Crippen LogP contribution in [0.4, 0.5) is 0 Å². The molecular formula is C15H20N6O3. The summed E-state index contributed by atoms with van der Waals surface area (Å²) in [6, 6.07) is 1.69. The zero-order valence-electron chi connectivity index (χ0n) is 13.7. The SMILES string of the molecule is COc1nn(C)cc1C(=O)N1CCC(c2cc(C(N)=O)n[nH]2)CC1. The van der Waals surface area contributed by atoms with Crippen molar-refractivity contribution in [2.45, 2.75) is 18.8 Å². The van der Waals surface area contributed by atoms with E-state index in [1.807, 2.05) is 0 Å². The van der Waals surface area contributed by atoms with Gasteiger partial charge in [0.05, 0.1) is 7.11 Å². The van der Waals surface area contributed by atoms with Crippen molar-refractivity contribution in [3.05, 3.63) is 29.2 Å². The third kappa shape index (κ3) is 2.97. The maximum Gasteiger partial charge on any atom is 0.269 e. The first-order valence-corrected chi connectivity index (χ1v) is 7.71. The number of ether oxygens (including phenoxy) is 1. The van der Waals surface area contributed by atoms with E-state index in [0.717, 1.165) is 18.5 Å². The number of amides is 2. The minimum absolute atomic E-state index is 0.0826. The lowest BCUT2D eigenvalue weighted by Gasteiger charge is -2.31. The van der Waals surface area contributed by atoms with Crippen molar-refractivity contribution in [2.24, 2.45) is 12.8 Å². The first kappa shape index (κ1) is 16.0. The van der Waals surface area contributed by atoms with E-state index in [2.05, 4.69) is 15.3 Å². The summed E-state index contributed by atoms with van der Waals surface area (Å²) >= 11 is 0. The smallest absolute Gasteiger partial charge is 0.269 e. The third-order valence-electron chi connectivity index (χ3n) is 4.29. The predicted molar refractivity (Wildman–Crippen MR) is 84.7 cm³/mol. The van der Waals surface area contributed by atoms with Gasteiger partial charge in [0.1, 0.15) is 11.3 Å². The number of primary amides is 1. The topological polar surface area (TPSA) is 119 Å². The number of piperidine rings is 1. The number of hydrogen-bond acceptors (Lipinski definition) is 5. The van der Waals surface area contributed by atoms with Gasteiger partial charge in [-0.2, -0.15) is 5.10 Å². The normalized spacial score (nSPS) is 15.5. The van der Waals surface area contributed by atoms with Crippen molar-refractivity contribution < 1.29 is 14.3 Å². The van der Waals surface area contributed by atoms with E-state index in [1.165, 1.54) is 7.11 Å². The Morgan fingerprint density at radius 2 is 2.08 bits per heavy atom. The minimum atomic E-state index is -0.547. The van der Waals surface area contributed by atoms with Crippen LogP contribution in [0.1, 0.15) is 45.3 Å². The number of aromatic nitrogens is 4. The van der Waals surface area contributed by atoms with Crippen LogP contribution >= 0.6 is 0 Å². The number of aromatic amines is 1. The highest BCUT2D eigenvalue weighted by molar-refractivity contribution is 5.96. The van der Waals surface area contributed by atoms with Crippen molar-refractivity contribution >= 4 is 11.8 Å². The molecule has 3 heterocycles. The van der Waals surface area contributed by atoms with Crippen molar-refractivity contribution in [2.75, 3.05) is 20.2 Å². The summed E-state index contributed by atoms with van der Waals surface area (Å²) in [7, 11) is 3.25. The number of carbonyl (C=O) groups excluding carboxylic acids is 2. The number of rotatable bonds is 4. The molecule has 0 aliphatic carbocycles. The Hall–Kier alpha value is -2.84. The van der Waals surface area contributed by atoms with Gasteiger partial charge in [-0.25, -0.2) is 0 Å². The van der Waals surface area contributed by atoms with Crippen LogP contribution in [0.2, 0.25) is 0 Å². The molecular weight excluding hydrogens is 312 g/mol. The molecule has 24 heavy (non-hydrogen) atoms. The van der Waals surface area contributed by atoms with Crippen LogP contribution in [0.3, 0.4) is 0 Å². The number of carbonyl (C=O) groups is 2. The molecule has 1 aliphatic rings. The van der Waals surface area contributed by atoms with Crippen molar-refractivity contribution in [3.63, 3.8) is 0 Å². The Kier molecular flexibility index (Phi) is 4.24. The number of nitrogens with zero attached hydrogens (tertiary/aromatic N) is 4. The van der Waals surface area contributed by atoms with Crippen LogP contribution in [0.5, 0.6) is 5.88 Å². The lowest BCUT2D eigenvalue weighted by Crippen LogP contribution is -2.38. The first-order chi connectivity index (χ1) is 11.5. The number of nitrogens with two attached hydrogens (primary N) is 1. The van der Waals surface area contributed by atoms with Gasteiger partial charge in [-0.3, -0.25) is 19.4 Å². The molecule has 0 saturated carbocycles. The fourth-order valence-corrected chi connectivity index (χ4v) is 3.00. The fraction of sp³-hybridized carbons (Fsp3) is 0.467. The molecule has 128 valence electrons. The van der Waals surface area contributed by atoms with Crippen LogP contribution in [-0.4, -0.2) is 56.9 Å². The number of aryl methyl sites for hydroxylation is 1. The quantitative estimate of drug-likeness (QED) is 0.833. The Morgan fingerprint density at radius 1 is 1.38 bits per heavy atom. The predicted octanol–water partition coefficient (Wildman–Crippen LogP) is 0.270. The van der Waals surface area contributed by atoms with E-state index < -0.39 is 5.91 Å². The first-order valence-electron chi connectivity index (χ1n) is 7.71. The number of nitrogens with one attached hydrogen (secondary N) is 1. The molecule has 0 atom stereocenters. The van der Waals surface area contributed by atoms with Gasteiger partial charge < -0.3 is 15.4 Å². The number of H-pyrrole nitrogens is 1. The van der Waals surface area contributed by atoms with E-state index in [-0.39, 0.29) is 17.5 Å². The third-order valence-corrected chi connectivity index (χ3v) is 4.29. The number of likely N-dealkylation sites (tertiary alicyclic amines) is 1. The van der Waals surface area contributed by atoms with E-state index in [4.69, 9.17) is 10.5 Å². The van der Waals surface area contributed by atoms with Crippen LogP contribution in [0.15, 0.2) is 12.3 Å². The van der Waals surface area contributed by atoms with Crippen LogP contribution in [0, 0.1) is 0 Å². The minimum Gasteiger partial charge on any atom is -0.479 e. The lowest BCUT2D eigenvalue weighted by atomic mass is 9.93. The van der Waals surface area contributed by atoms with Crippen LogP contribution in [0.25, 0.3) is 0 Å². The largest absolute Gasteiger partial charge is 0.479 e. The standard InChI is InChI=1S/C15H20N6O3/c1-20-8-10(14(19-20)24-2)15(23)21-5-3-9(4-6-21)11-7-12(13(16)22)18-17-11/h7-9H,3-6H2,1-2H3,(H2,16,22)(H,17,18). The molecule has 0 unspecified atom stereocenters. The molecule has 0 bridgehead atoms. The molecule has 0 aromatic carbocycles. The Bertz CT molecular complexity index is 757. The molecule has 2 aromatic rings. The second-order valence-electron chi connectivity index (χ2n) is 5.86. The van der Waals surface area contributed by atoms with Crippen molar-refractivity contribution in [1.82, 2.24) is 24.9 Å². The maximum absolute atomic E-state index is 12.6. The van der Waals surface area contributed by atoms with Crippen molar-refractivity contribution in [1.29, 1.82) is 0 Å². The summed E-state index contributed by atoms with van der Waals surface area (Å²) in [5.41, 5.74) is 6.81. The van der Waals surface area contributed by atoms with Crippen molar-refractivity contribution in [3.8, 4) is 5.88 Å². The van der Waals surface area contributed by atoms with Gasteiger partial charge in [-0.15, -0.1) is 5.10 Å². The summed E-state index contributed by atoms with van der Waals surface area (Å²) in [5.74, 6) is -0.0654. The molecule has 1 fully saturated rings. The molecule has 1 saturated heterocycles. The summed E-state index contributed by atoms with van der Waals surface area (Å²) in [5, 5.41) is 10.9. The average molecular weight is 332 g/mol. The Morgan fingerprint density at radius 3 is 2.67 bits per heavy atom. The molecule has 3 rings (SSSR count). The van der Waals surface area contributed by atoms with Gasteiger partial charge in [0, 0.05) is 37.9 Å². The van der Waals surface area contributed by atoms with E-state index in [1.54, 1.807) is 28.9 Å². The average Bonchev–Trinajstić information content (AvgIpc) is 3.21. The summed E-state index contributed by atoms with van der Waals surface area (Å²) < 4.78 is 6.72. The fourth-order valence-electron chi connectivity index (χ4n) is 3.00. The molecule has 3 N–H and O–H groups in total. The lowest BCUT2D eigenvalue weighted by molar-refractivity contribution is 0.0708. The van der Waals surface area contributed by atoms with Gasteiger partial charge in [-0.1, -0.05) is 0 Å². The monoisotopic (exact) mass is 332 g/mol. The highest BCUT2D eigenvalue weighted by atomic mass is 16.5. The van der Waals surface area contributed by atoms with Crippen LogP contribution in [-0.2, 0) is 7.05 Å². The van der Waals surface area contributed by atoms with Gasteiger partial charge in [0.25, 0.3) is 11.8 Å². The molecule has 9 nitrogen and oxygen atoms in total. The summed E-state index contributed by atoms with van der Waals surface area (Å²) in [6.45, 7) is 1.24. The molecule has 2 amide bonds. The molecule has 0 radical (unpaired) electrons. The van der Waals surface area contributed by atoms with E-state index >= 15 is 0 Å². The molecule has 0 spiro atoms. The molecule has 1 aliphatic heterocycles. The number of methoxy groups -OCH3 is 1. The Labute approximate surface area is 138 Å². The van der Waals surface area contributed by atoms with E-state index in [9.17, 15) is 9.59 Å². The maximum atomic E-state index is 12.6. The van der Waals surface area contributed by atoms with Gasteiger partial charge in [-0.05, 0) is 18.9 Å².